The minimum Gasteiger partial charge on any atom is -0.465 e. The Bertz CT molecular complexity index is 1390. The number of piperidine rings is 1. The third-order valence-corrected chi connectivity index (χ3v) is 7.70. The third kappa shape index (κ3) is 7.17. The van der Waals surface area contributed by atoms with Crippen molar-refractivity contribution in [1.29, 1.82) is 0 Å². The first-order valence-corrected chi connectivity index (χ1v) is 14.0. The number of carbonyl (C=O) groups excluding carboxylic acids is 1. The van der Waals surface area contributed by atoms with Crippen molar-refractivity contribution in [2.24, 2.45) is 11.8 Å². The topological polar surface area (TPSA) is 54.5 Å². The number of rotatable bonds is 9. The molecule has 5 nitrogen and oxygen atoms in total. The number of likely N-dealkylation sites (tertiary alicyclic amines) is 1. The summed E-state index contributed by atoms with van der Waals surface area (Å²) >= 11 is 0. The predicted molar refractivity (Wildman–Crippen MR) is 161 cm³/mol. The van der Waals surface area contributed by atoms with Gasteiger partial charge in [0.05, 0.1) is 23.9 Å². The summed E-state index contributed by atoms with van der Waals surface area (Å²) in [5.74, 6) is 0.412. The smallest absolute Gasteiger partial charge is 0.309 e. The molecule has 0 saturated carbocycles. The Kier molecular flexibility index (Phi) is 9.59. The molecular weight excluding hydrogens is 482 g/mol. The molecule has 0 atom stereocenters. The van der Waals surface area contributed by atoms with Gasteiger partial charge in [0, 0.05) is 24.5 Å². The van der Waals surface area contributed by atoms with Gasteiger partial charge in [-0.05, 0) is 104 Å². The summed E-state index contributed by atoms with van der Waals surface area (Å²) in [5.41, 5.74) is 6.10. The number of nitrogens with zero attached hydrogens (tertiary/aromatic N) is 2. The Balaban J connectivity index is 1.50. The molecule has 0 bridgehead atoms. The van der Waals surface area contributed by atoms with Gasteiger partial charge in [0.2, 0.25) is 0 Å². The molecule has 1 N–H and O–H groups in total. The maximum absolute atomic E-state index is 12.6. The van der Waals surface area contributed by atoms with Gasteiger partial charge in [0.25, 0.3) is 0 Å². The number of pyridine rings is 1. The van der Waals surface area contributed by atoms with Crippen LogP contribution in [0, 0.1) is 18.8 Å². The van der Waals surface area contributed by atoms with Crippen LogP contribution in [0.4, 0.5) is 0 Å². The van der Waals surface area contributed by atoms with Crippen LogP contribution in [0.2, 0.25) is 0 Å². The second kappa shape index (κ2) is 13.3. The molecule has 1 aliphatic carbocycles. The lowest BCUT2D eigenvalue weighted by atomic mass is 9.96. The van der Waals surface area contributed by atoms with Crippen molar-refractivity contribution in [1.82, 2.24) is 15.2 Å². The molecule has 1 aromatic heterocycles. The van der Waals surface area contributed by atoms with Crippen LogP contribution >= 0.6 is 0 Å². The lowest BCUT2D eigenvalue weighted by Crippen LogP contribution is -2.37. The fourth-order valence-electron chi connectivity index (χ4n) is 5.28. The normalized spacial score (nSPS) is 17.8. The Labute approximate surface area is 233 Å². The highest BCUT2D eigenvalue weighted by Gasteiger charge is 2.27. The Morgan fingerprint density at radius 3 is 2.59 bits per heavy atom. The molecule has 1 saturated heterocycles. The Morgan fingerprint density at radius 1 is 1.18 bits per heavy atom. The summed E-state index contributed by atoms with van der Waals surface area (Å²) < 4.78 is 5.66. The van der Waals surface area contributed by atoms with E-state index < -0.39 is 0 Å². The van der Waals surface area contributed by atoms with Crippen LogP contribution < -0.4 is 15.8 Å². The number of allylic oxidation sites excluding steroid dienone is 5. The molecule has 204 valence electrons. The number of esters is 1. The molecule has 5 heteroatoms. The summed E-state index contributed by atoms with van der Waals surface area (Å²) in [6, 6.07) is 12.4. The van der Waals surface area contributed by atoms with E-state index in [1.54, 1.807) is 6.20 Å². The van der Waals surface area contributed by atoms with Gasteiger partial charge in [0.15, 0.2) is 0 Å². The van der Waals surface area contributed by atoms with E-state index in [2.05, 4.69) is 79.7 Å². The standard InChI is InChI=1S/C34H41N3O2/c1-6-31(37-19-17-28(18-20-37)34(38)39-23-27-12-8-9-13-27)22-30-21-29(16-15-24(30)3)26(5)33(35-7-2)32-14-10-11-25(4)36-32/h6-11,14-16,21-22,27-28,35H,2-3,12-13,17-20,23H2,1,4-5H3/b30-22-,31-6+,33-26+. The molecule has 1 aliphatic heterocycles. The molecule has 4 rings (SSSR count). The lowest BCUT2D eigenvalue weighted by Gasteiger charge is -2.33. The summed E-state index contributed by atoms with van der Waals surface area (Å²) in [7, 11) is 0. The highest BCUT2D eigenvalue weighted by molar-refractivity contribution is 5.88. The largest absolute Gasteiger partial charge is 0.465 e. The zero-order valence-electron chi connectivity index (χ0n) is 23.6. The number of hydrogen-bond donors (Lipinski definition) is 1. The highest BCUT2D eigenvalue weighted by Crippen LogP contribution is 2.25. The second-order valence-electron chi connectivity index (χ2n) is 10.5. The highest BCUT2D eigenvalue weighted by atomic mass is 16.5. The van der Waals surface area contributed by atoms with Crippen molar-refractivity contribution in [2.75, 3.05) is 19.7 Å². The van der Waals surface area contributed by atoms with Gasteiger partial charge in [0.1, 0.15) is 0 Å². The molecular formula is C34H41N3O2. The SMILES string of the molecule is C=CN/C(=C(\C)c1ccc(=C)/c(=C\C(=C/C)N2CCC(C(=O)OCC3CC=CC3)CC2)c1)c1cccc(C)n1. The van der Waals surface area contributed by atoms with Crippen LogP contribution in [0.3, 0.4) is 0 Å². The summed E-state index contributed by atoms with van der Waals surface area (Å²) in [4.78, 5) is 19.7. The van der Waals surface area contributed by atoms with E-state index in [9.17, 15) is 4.79 Å². The van der Waals surface area contributed by atoms with Gasteiger partial charge in [-0.25, -0.2) is 0 Å². The van der Waals surface area contributed by atoms with Gasteiger partial charge in [-0.3, -0.25) is 9.78 Å². The number of aryl methyl sites for hydroxylation is 1. The molecule has 0 spiro atoms. The van der Waals surface area contributed by atoms with Crippen LogP contribution in [-0.4, -0.2) is 35.5 Å². The van der Waals surface area contributed by atoms with Gasteiger partial charge >= 0.3 is 5.97 Å². The van der Waals surface area contributed by atoms with Gasteiger partial charge < -0.3 is 15.0 Å². The molecule has 0 radical (unpaired) electrons. The van der Waals surface area contributed by atoms with Crippen molar-refractivity contribution in [3.63, 3.8) is 0 Å². The molecule has 2 heterocycles. The van der Waals surface area contributed by atoms with Crippen LogP contribution in [0.1, 0.15) is 56.5 Å². The quantitative estimate of drug-likeness (QED) is 0.356. The summed E-state index contributed by atoms with van der Waals surface area (Å²) in [5, 5.41) is 5.34. The maximum atomic E-state index is 12.6. The fourth-order valence-corrected chi connectivity index (χ4v) is 5.28. The molecule has 2 aliphatic rings. The number of carbonyl (C=O) groups is 1. The predicted octanol–water partition coefficient (Wildman–Crippen LogP) is 5.33. The molecule has 0 amide bonds. The Morgan fingerprint density at radius 2 is 1.92 bits per heavy atom. The van der Waals surface area contributed by atoms with E-state index in [1.807, 2.05) is 25.1 Å². The molecule has 0 unspecified atom stereocenters. The number of aromatic nitrogens is 1. The van der Waals surface area contributed by atoms with E-state index in [0.717, 1.165) is 83.1 Å². The number of benzene rings is 1. The molecule has 39 heavy (non-hydrogen) atoms. The van der Waals surface area contributed by atoms with Gasteiger partial charge in [-0.15, -0.1) is 0 Å². The monoisotopic (exact) mass is 523 g/mol. The second-order valence-corrected chi connectivity index (χ2v) is 10.5. The van der Waals surface area contributed by atoms with Crippen molar-refractivity contribution in [2.45, 2.75) is 46.5 Å². The van der Waals surface area contributed by atoms with Crippen LogP contribution in [0.5, 0.6) is 0 Å². The third-order valence-electron chi connectivity index (χ3n) is 7.70. The first-order valence-electron chi connectivity index (χ1n) is 14.0. The molecule has 1 aromatic carbocycles. The number of hydrogen-bond acceptors (Lipinski definition) is 5. The minimum absolute atomic E-state index is 0.0146. The molecule has 2 aromatic rings. The average molecular weight is 524 g/mol. The van der Waals surface area contributed by atoms with E-state index in [4.69, 9.17) is 9.72 Å². The zero-order valence-corrected chi connectivity index (χ0v) is 23.6. The first-order chi connectivity index (χ1) is 18.9. The van der Waals surface area contributed by atoms with Crippen LogP contribution in [0.15, 0.2) is 73.1 Å². The Hall–Kier alpha value is -3.86. The summed E-state index contributed by atoms with van der Waals surface area (Å²) in [6.45, 7) is 16.5. The molecule has 1 fully saturated rings. The van der Waals surface area contributed by atoms with Crippen molar-refractivity contribution in [3.05, 3.63) is 100 Å². The van der Waals surface area contributed by atoms with E-state index in [0.29, 0.717) is 12.5 Å². The van der Waals surface area contributed by atoms with E-state index in [1.165, 1.54) is 0 Å². The van der Waals surface area contributed by atoms with E-state index >= 15 is 0 Å². The van der Waals surface area contributed by atoms with Crippen LogP contribution in [0.25, 0.3) is 23.9 Å². The minimum atomic E-state index is -0.0328. The van der Waals surface area contributed by atoms with E-state index in [-0.39, 0.29) is 11.9 Å². The van der Waals surface area contributed by atoms with Gasteiger partial charge in [-0.1, -0.05) is 49.6 Å². The fraction of sp³-hybridized carbons (Fsp3) is 0.353. The average Bonchev–Trinajstić information content (AvgIpc) is 3.48. The number of nitrogens with one attached hydrogen (secondary N) is 1. The van der Waals surface area contributed by atoms with Crippen molar-refractivity contribution < 1.29 is 9.53 Å². The summed E-state index contributed by atoms with van der Waals surface area (Å²) in [6.07, 6.45) is 14.0. The maximum Gasteiger partial charge on any atom is 0.309 e. The lowest BCUT2D eigenvalue weighted by molar-refractivity contribution is -0.151. The van der Waals surface area contributed by atoms with Crippen LogP contribution in [-0.2, 0) is 9.53 Å². The zero-order chi connectivity index (χ0) is 27.8. The first kappa shape index (κ1) is 28.2. The number of ether oxygens (including phenoxy) is 1. The van der Waals surface area contributed by atoms with Gasteiger partial charge in [-0.2, -0.15) is 0 Å². The van der Waals surface area contributed by atoms with Crippen molar-refractivity contribution in [3.8, 4) is 0 Å². The van der Waals surface area contributed by atoms with Crippen molar-refractivity contribution >= 4 is 29.9 Å².